The summed E-state index contributed by atoms with van der Waals surface area (Å²) in [5, 5.41) is 10.0. The van der Waals surface area contributed by atoms with Crippen LogP contribution in [0.3, 0.4) is 0 Å². The molecule has 0 atom stereocenters. The van der Waals surface area contributed by atoms with Crippen molar-refractivity contribution in [2.75, 3.05) is 14.2 Å². The lowest BCUT2D eigenvalue weighted by atomic mass is 10.1. The van der Waals surface area contributed by atoms with Crippen LogP contribution < -0.4 is 9.47 Å². The van der Waals surface area contributed by atoms with Crippen LogP contribution in [-0.4, -0.2) is 19.3 Å². The summed E-state index contributed by atoms with van der Waals surface area (Å²) in [4.78, 5) is 0. The number of methoxy groups -OCH3 is 2. The van der Waals surface area contributed by atoms with Gasteiger partial charge in [0.05, 0.1) is 14.2 Å². The van der Waals surface area contributed by atoms with Gasteiger partial charge in [-0.15, -0.1) is 0 Å². The molecule has 2 rings (SSSR count). The smallest absolute Gasteiger partial charge is 0.164 e. The van der Waals surface area contributed by atoms with Crippen LogP contribution in [0.2, 0.25) is 0 Å². The van der Waals surface area contributed by atoms with Gasteiger partial charge in [-0.1, -0.05) is 42.0 Å². The van der Waals surface area contributed by atoms with Gasteiger partial charge >= 0.3 is 0 Å². The first-order chi connectivity index (χ1) is 10.1. The van der Waals surface area contributed by atoms with E-state index in [1.165, 1.54) is 5.56 Å². The molecular formula is C18H20O3. The SMILES string of the molecule is COc1cc(O)c(C/C=C/c2cccc(C)c2)cc1OC. The fraction of sp³-hybridized carbons (Fsp3) is 0.222. The van der Waals surface area contributed by atoms with Crippen LogP contribution in [0.25, 0.3) is 6.08 Å². The van der Waals surface area contributed by atoms with E-state index in [2.05, 4.69) is 25.1 Å². The number of phenolic OH excluding ortho intramolecular Hbond substituents is 1. The van der Waals surface area contributed by atoms with Gasteiger partial charge in [0, 0.05) is 11.6 Å². The molecule has 0 aromatic heterocycles. The molecule has 0 radical (unpaired) electrons. The first kappa shape index (κ1) is 15.0. The Kier molecular flexibility index (Phi) is 4.88. The van der Waals surface area contributed by atoms with E-state index in [9.17, 15) is 5.11 Å². The number of benzene rings is 2. The van der Waals surface area contributed by atoms with Gasteiger partial charge in [0.1, 0.15) is 5.75 Å². The molecule has 0 unspecified atom stereocenters. The van der Waals surface area contributed by atoms with E-state index in [4.69, 9.17) is 9.47 Å². The molecule has 2 aromatic carbocycles. The molecule has 0 fully saturated rings. The van der Waals surface area contributed by atoms with Crippen LogP contribution in [0.4, 0.5) is 0 Å². The van der Waals surface area contributed by atoms with E-state index in [1.807, 2.05) is 18.2 Å². The molecule has 0 aliphatic carbocycles. The topological polar surface area (TPSA) is 38.7 Å². The summed E-state index contributed by atoms with van der Waals surface area (Å²) in [6.45, 7) is 2.07. The Morgan fingerprint density at radius 2 is 1.76 bits per heavy atom. The van der Waals surface area contributed by atoms with E-state index < -0.39 is 0 Å². The molecule has 0 aliphatic heterocycles. The van der Waals surface area contributed by atoms with Crippen molar-refractivity contribution in [1.82, 2.24) is 0 Å². The summed E-state index contributed by atoms with van der Waals surface area (Å²) in [5.41, 5.74) is 3.18. The number of ether oxygens (including phenoxy) is 2. The number of hydrogen-bond donors (Lipinski definition) is 1. The zero-order chi connectivity index (χ0) is 15.2. The third-order valence-corrected chi connectivity index (χ3v) is 3.28. The van der Waals surface area contributed by atoms with Crippen LogP contribution in [0, 0.1) is 6.92 Å². The number of allylic oxidation sites excluding steroid dienone is 1. The second-order valence-corrected chi connectivity index (χ2v) is 4.86. The molecule has 0 aliphatic rings. The van der Waals surface area contributed by atoms with Crippen LogP contribution in [0.15, 0.2) is 42.5 Å². The number of phenols is 1. The largest absolute Gasteiger partial charge is 0.508 e. The van der Waals surface area contributed by atoms with Crippen molar-refractivity contribution in [2.24, 2.45) is 0 Å². The highest BCUT2D eigenvalue weighted by Crippen LogP contribution is 2.34. The molecule has 0 amide bonds. The van der Waals surface area contributed by atoms with Gasteiger partial charge in [-0.25, -0.2) is 0 Å². The Hall–Kier alpha value is -2.42. The fourth-order valence-corrected chi connectivity index (χ4v) is 2.17. The van der Waals surface area contributed by atoms with Gasteiger partial charge in [-0.3, -0.25) is 0 Å². The third-order valence-electron chi connectivity index (χ3n) is 3.28. The summed E-state index contributed by atoms with van der Waals surface area (Å²) >= 11 is 0. The normalized spacial score (nSPS) is 10.8. The van der Waals surface area contributed by atoms with Gasteiger partial charge in [0.2, 0.25) is 0 Å². The zero-order valence-electron chi connectivity index (χ0n) is 12.6. The van der Waals surface area contributed by atoms with E-state index >= 15 is 0 Å². The van der Waals surface area contributed by atoms with Crippen LogP contribution >= 0.6 is 0 Å². The van der Waals surface area contributed by atoms with Crippen molar-refractivity contribution in [3.63, 3.8) is 0 Å². The Labute approximate surface area is 125 Å². The Morgan fingerprint density at radius 1 is 1.05 bits per heavy atom. The van der Waals surface area contributed by atoms with Crippen LogP contribution in [0.5, 0.6) is 17.2 Å². The zero-order valence-corrected chi connectivity index (χ0v) is 12.6. The molecule has 0 heterocycles. The van der Waals surface area contributed by atoms with Crippen LogP contribution in [0.1, 0.15) is 16.7 Å². The van der Waals surface area contributed by atoms with Crippen molar-refractivity contribution in [3.8, 4) is 17.2 Å². The Morgan fingerprint density at radius 3 is 2.43 bits per heavy atom. The molecule has 0 spiro atoms. The number of hydrogen-bond acceptors (Lipinski definition) is 3. The molecule has 3 heteroatoms. The minimum Gasteiger partial charge on any atom is -0.508 e. The van der Waals surface area contributed by atoms with E-state index in [0.29, 0.717) is 17.9 Å². The molecular weight excluding hydrogens is 264 g/mol. The average Bonchev–Trinajstić information content (AvgIpc) is 2.48. The van der Waals surface area contributed by atoms with E-state index in [-0.39, 0.29) is 5.75 Å². The first-order valence-electron chi connectivity index (χ1n) is 6.81. The molecule has 110 valence electrons. The summed E-state index contributed by atoms with van der Waals surface area (Å²) < 4.78 is 10.4. The summed E-state index contributed by atoms with van der Waals surface area (Å²) in [6.07, 6.45) is 4.69. The lowest BCUT2D eigenvalue weighted by molar-refractivity contribution is 0.350. The van der Waals surface area contributed by atoms with Crippen molar-refractivity contribution in [2.45, 2.75) is 13.3 Å². The summed E-state index contributed by atoms with van der Waals surface area (Å²) in [7, 11) is 3.13. The summed E-state index contributed by atoms with van der Waals surface area (Å²) in [6, 6.07) is 11.6. The van der Waals surface area contributed by atoms with Gasteiger partial charge in [-0.05, 0) is 25.0 Å². The molecule has 0 bridgehead atoms. The fourth-order valence-electron chi connectivity index (χ4n) is 2.17. The minimum atomic E-state index is 0.210. The Balaban J connectivity index is 2.16. The second-order valence-electron chi connectivity index (χ2n) is 4.86. The van der Waals surface area contributed by atoms with Crippen molar-refractivity contribution in [1.29, 1.82) is 0 Å². The maximum Gasteiger partial charge on any atom is 0.164 e. The number of rotatable bonds is 5. The molecule has 1 N–H and O–H groups in total. The van der Waals surface area contributed by atoms with E-state index in [1.54, 1.807) is 26.4 Å². The minimum absolute atomic E-state index is 0.210. The second kappa shape index (κ2) is 6.84. The molecule has 21 heavy (non-hydrogen) atoms. The quantitative estimate of drug-likeness (QED) is 0.902. The maximum atomic E-state index is 10.0. The van der Waals surface area contributed by atoms with Gasteiger partial charge < -0.3 is 14.6 Å². The highest BCUT2D eigenvalue weighted by Gasteiger charge is 2.09. The highest BCUT2D eigenvalue weighted by molar-refractivity contribution is 5.54. The van der Waals surface area contributed by atoms with Gasteiger partial charge in [0.25, 0.3) is 0 Å². The lowest BCUT2D eigenvalue weighted by Gasteiger charge is -2.10. The lowest BCUT2D eigenvalue weighted by Crippen LogP contribution is -1.93. The van der Waals surface area contributed by atoms with Crippen molar-refractivity contribution in [3.05, 3.63) is 59.2 Å². The predicted molar refractivity (Wildman–Crippen MR) is 85.1 cm³/mol. The monoisotopic (exact) mass is 284 g/mol. The standard InChI is InChI=1S/C18H20O3/c1-13-6-4-7-14(10-13)8-5-9-15-11-17(20-2)18(21-3)12-16(15)19/h4-8,10-12,19H,9H2,1-3H3/b8-5+. The van der Waals surface area contributed by atoms with Crippen LogP contribution in [-0.2, 0) is 6.42 Å². The third kappa shape index (κ3) is 3.78. The molecule has 0 saturated heterocycles. The van der Waals surface area contributed by atoms with Crippen molar-refractivity contribution >= 4 is 6.08 Å². The average molecular weight is 284 g/mol. The number of aromatic hydroxyl groups is 1. The summed E-state index contributed by atoms with van der Waals surface area (Å²) in [5.74, 6) is 1.36. The predicted octanol–water partition coefficient (Wildman–Crippen LogP) is 3.97. The molecule has 3 nitrogen and oxygen atoms in total. The maximum absolute atomic E-state index is 10.0. The highest BCUT2D eigenvalue weighted by atomic mass is 16.5. The Bertz CT molecular complexity index is 645. The van der Waals surface area contributed by atoms with Crippen molar-refractivity contribution < 1.29 is 14.6 Å². The van der Waals surface area contributed by atoms with E-state index in [0.717, 1.165) is 11.1 Å². The van der Waals surface area contributed by atoms with Gasteiger partial charge in [0.15, 0.2) is 11.5 Å². The first-order valence-corrected chi connectivity index (χ1v) is 6.81. The van der Waals surface area contributed by atoms with Gasteiger partial charge in [-0.2, -0.15) is 0 Å². The number of aryl methyl sites for hydroxylation is 1. The molecule has 0 saturated carbocycles. The molecule has 2 aromatic rings.